The second-order valence-corrected chi connectivity index (χ2v) is 4.87. The Morgan fingerprint density at radius 1 is 0.952 bits per heavy atom. The number of rotatable bonds is 4. The lowest BCUT2D eigenvalue weighted by molar-refractivity contribution is 0.0845. The summed E-state index contributed by atoms with van der Waals surface area (Å²) in [5, 5.41) is 1.78. The smallest absolute Gasteiger partial charge is 0.279 e. The molecule has 110 valence electrons. The molecule has 1 heterocycles. The van der Waals surface area contributed by atoms with Gasteiger partial charge in [-0.3, -0.25) is 20.4 Å². The Hall–Kier alpha value is -2.54. The van der Waals surface area contributed by atoms with Crippen LogP contribution in [-0.4, -0.2) is 26.0 Å². The first-order valence-corrected chi connectivity index (χ1v) is 6.90. The van der Waals surface area contributed by atoms with Crippen molar-refractivity contribution in [2.75, 3.05) is 14.2 Å². The van der Waals surface area contributed by atoms with E-state index in [1.54, 1.807) is 35.7 Å². The number of ether oxygens (including phenoxy) is 2. The molecule has 0 atom stereocenters. The van der Waals surface area contributed by atoms with Crippen molar-refractivity contribution < 1.29 is 19.1 Å². The maximum atomic E-state index is 12.2. The number of amides is 2. The first kappa shape index (κ1) is 14.9. The third kappa shape index (κ3) is 3.32. The lowest BCUT2D eigenvalue weighted by atomic mass is 10.1. The van der Waals surface area contributed by atoms with Crippen LogP contribution in [0.3, 0.4) is 0 Å². The molecule has 2 N–H and O–H groups in total. The largest absolute Gasteiger partial charge is 0.496 e. The van der Waals surface area contributed by atoms with E-state index in [1.807, 2.05) is 0 Å². The number of carbonyl (C=O) groups is 2. The van der Waals surface area contributed by atoms with Gasteiger partial charge >= 0.3 is 0 Å². The average molecular weight is 306 g/mol. The lowest BCUT2D eigenvalue weighted by Gasteiger charge is -2.13. The summed E-state index contributed by atoms with van der Waals surface area (Å²) in [6.45, 7) is 0. The van der Waals surface area contributed by atoms with Crippen LogP contribution in [0.25, 0.3) is 0 Å². The molecule has 0 spiro atoms. The van der Waals surface area contributed by atoms with Crippen molar-refractivity contribution in [2.45, 2.75) is 0 Å². The predicted octanol–water partition coefficient (Wildman–Crippen LogP) is 1.84. The monoisotopic (exact) mass is 306 g/mol. The summed E-state index contributed by atoms with van der Waals surface area (Å²) in [4.78, 5) is 24.5. The van der Waals surface area contributed by atoms with Crippen molar-refractivity contribution >= 4 is 23.2 Å². The molecular weight excluding hydrogens is 292 g/mol. The zero-order valence-corrected chi connectivity index (χ0v) is 12.3. The van der Waals surface area contributed by atoms with E-state index in [0.717, 1.165) is 0 Å². The van der Waals surface area contributed by atoms with Gasteiger partial charge < -0.3 is 9.47 Å². The normalized spacial score (nSPS) is 9.81. The first-order chi connectivity index (χ1) is 10.2. The van der Waals surface area contributed by atoms with Gasteiger partial charge in [0, 0.05) is 0 Å². The van der Waals surface area contributed by atoms with Crippen molar-refractivity contribution in [3.8, 4) is 11.5 Å². The van der Waals surface area contributed by atoms with E-state index < -0.39 is 5.91 Å². The summed E-state index contributed by atoms with van der Waals surface area (Å²) in [5.41, 5.74) is 4.91. The molecule has 7 heteroatoms. The van der Waals surface area contributed by atoms with Crippen LogP contribution >= 0.6 is 11.3 Å². The highest BCUT2D eigenvalue weighted by molar-refractivity contribution is 7.12. The standard InChI is InChI=1S/C14H14N2O4S/c1-19-9-5-3-6-10(20-2)12(9)14(18)16-15-13(17)11-7-4-8-21-11/h3-8H,1-2H3,(H,15,17)(H,16,18). The first-order valence-electron chi connectivity index (χ1n) is 6.02. The summed E-state index contributed by atoms with van der Waals surface area (Å²) in [6.07, 6.45) is 0. The van der Waals surface area contributed by atoms with E-state index in [1.165, 1.54) is 25.6 Å². The number of nitrogens with one attached hydrogen (secondary N) is 2. The Bertz CT molecular complexity index is 618. The lowest BCUT2D eigenvalue weighted by Crippen LogP contribution is -2.41. The summed E-state index contributed by atoms with van der Waals surface area (Å²) in [6, 6.07) is 8.40. The average Bonchev–Trinajstić information content (AvgIpc) is 3.05. The molecule has 0 radical (unpaired) electrons. The zero-order chi connectivity index (χ0) is 15.2. The predicted molar refractivity (Wildman–Crippen MR) is 78.8 cm³/mol. The Kier molecular flexibility index (Phi) is 4.78. The molecule has 0 aliphatic heterocycles. The van der Waals surface area contributed by atoms with Crippen LogP contribution in [0.1, 0.15) is 20.0 Å². The number of benzene rings is 1. The van der Waals surface area contributed by atoms with E-state index in [2.05, 4.69) is 10.9 Å². The van der Waals surface area contributed by atoms with Crippen LogP contribution < -0.4 is 20.3 Å². The zero-order valence-electron chi connectivity index (χ0n) is 11.5. The van der Waals surface area contributed by atoms with E-state index in [-0.39, 0.29) is 11.5 Å². The number of hydrogen-bond donors (Lipinski definition) is 2. The molecule has 2 amide bonds. The highest BCUT2D eigenvalue weighted by atomic mass is 32.1. The molecule has 21 heavy (non-hydrogen) atoms. The second kappa shape index (κ2) is 6.76. The molecule has 0 bridgehead atoms. The van der Waals surface area contributed by atoms with Crippen molar-refractivity contribution in [2.24, 2.45) is 0 Å². The molecule has 0 fully saturated rings. The maximum Gasteiger partial charge on any atom is 0.279 e. The van der Waals surface area contributed by atoms with Crippen LogP contribution in [0, 0.1) is 0 Å². The molecule has 0 saturated heterocycles. The van der Waals surface area contributed by atoms with E-state index in [4.69, 9.17) is 9.47 Å². The van der Waals surface area contributed by atoms with Crippen LogP contribution in [0.2, 0.25) is 0 Å². The fourth-order valence-electron chi connectivity index (χ4n) is 1.72. The number of thiophene rings is 1. The van der Waals surface area contributed by atoms with Crippen LogP contribution in [0.5, 0.6) is 11.5 Å². The van der Waals surface area contributed by atoms with E-state index in [0.29, 0.717) is 16.4 Å². The van der Waals surface area contributed by atoms with Crippen LogP contribution in [0.4, 0.5) is 0 Å². The molecule has 1 aromatic heterocycles. The Labute approximate surface area is 125 Å². The van der Waals surface area contributed by atoms with Crippen LogP contribution in [-0.2, 0) is 0 Å². The minimum Gasteiger partial charge on any atom is -0.496 e. The van der Waals surface area contributed by atoms with Gasteiger partial charge in [0.25, 0.3) is 11.8 Å². The maximum absolute atomic E-state index is 12.2. The summed E-state index contributed by atoms with van der Waals surface area (Å²) in [5.74, 6) is -0.184. The fraction of sp³-hybridized carbons (Fsp3) is 0.143. The van der Waals surface area contributed by atoms with Gasteiger partial charge in [-0.25, -0.2) is 0 Å². The highest BCUT2D eigenvalue weighted by Gasteiger charge is 2.18. The molecule has 0 unspecified atom stereocenters. The second-order valence-electron chi connectivity index (χ2n) is 3.92. The minimum absolute atomic E-state index is 0.217. The van der Waals surface area contributed by atoms with Gasteiger partial charge in [-0.05, 0) is 23.6 Å². The van der Waals surface area contributed by atoms with Gasteiger partial charge in [0.1, 0.15) is 17.1 Å². The highest BCUT2D eigenvalue weighted by Crippen LogP contribution is 2.27. The number of hydrazine groups is 1. The van der Waals surface area contributed by atoms with Gasteiger partial charge in [-0.1, -0.05) is 12.1 Å². The number of methoxy groups -OCH3 is 2. The third-order valence-electron chi connectivity index (χ3n) is 2.69. The summed E-state index contributed by atoms with van der Waals surface area (Å²) in [7, 11) is 2.91. The van der Waals surface area contributed by atoms with Crippen LogP contribution in [0.15, 0.2) is 35.7 Å². The third-order valence-corrected chi connectivity index (χ3v) is 3.56. The molecule has 0 saturated carbocycles. The Morgan fingerprint density at radius 2 is 1.57 bits per heavy atom. The van der Waals surface area contributed by atoms with E-state index >= 15 is 0 Å². The molecule has 1 aromatic carbocycles. The van der Waals surface area contributed by atoms with Gasteiger partial charge in [0.2, 0.25) is 0 Å². The number of hydrogen-bond acceptors (Lipinski definition) is 5. The van der Waals surface area contributed by atoms with Crippen molar-refractivity contribution in [1.82, 2.24) is 10.9 Å². The van der Waals surface area contributed by atoms with Crippen molar-refractivity contribution in [3.05, 3.63) is 46.2 Å². The molecule has 2 aromatic rings. The molecule has 2 rings (SSSR count). The molecule has 0 aliphatic carbocycles. The number of carbonyl (C=O) groups excluding carboxylic acids is 2. The van der Waals surface area contributed by atoms with Crippen molar-refractivity contribution in [3.63, 3.8) is 0 Å². The summed E-state index contributed by atoms with van der Waals surface area (Å²) >= 11 is 1.28. The SMILES string of the molecule is COc1cccc(OC)c1C(=O)NNC(=O)c1cccs1. The van der Waals surface area contributed by atoms with Gasteiger partial charge in [0.05, 0.1) is 19.1 Å². The quantitative estimate of drug-likeness (QED) is 0.845. The molecular formula is C14H14N2O4S. The summed E-state index contributed by atoms with van der Waals surface area (Å²) < 4.78 is 10.3. The van der Waals surface area contributed by atoms with E-state index in [9.17, 15) is 9.59 Å². The molecule has 0 aliphatic rings. The minimum atomic E-state index is -0.519. The van der Waals surface area contributed by atoms with Crippen molar-refractivity contribution in [1.29, 1.82) is 0 Å². The fourth-order valence-corrected chi connectivity index (χ4v) is 2.34. The molecule has 6 nitrogen and oxygen atoms in total. The van der Waals surface area contributed by atoms with Gasteiger partial charge in [-0.15, -0.1) is 11.3 Å². The Morgan fingerprint density at radius 3 is 2.10 bits per heavy atom. The van der Waals surface area contributed by atoms with Gasteiger partial charge in [-0.2, -0.15) is 0 Å². The van der Waals surface area contributed by atoms with Gasteiger partial charge in [0.15, 0.2) is 0 Å². The Balaban J connectivity index is 2.12. The topological polar surface area (TPSA) is 76.7 Å².